The van der Waals surface area contributed by atoms with Gasteiger partial charge >= 0.3 is 0 Å². The highest BCUT2D eigenvalue weighted by Crippen LogP contribution is 2.22. The number of nitrogens with zero attached hydrogens (tertiary/aromatic N) is 1. The lowest BCUT2D eigenvalue weighted by atomic mass is 10.1. The molecule has 0 aliphatic carbocycles. The van der Waals surface area contributed by atoms with Crippen molar-refractivity contribution in [2.75, 3.05) is 31.3 Å². The zero-order valence-electron chi connectivity index (χ0n) is 13.6. The molecule has 1 amide bonds. The van der Waals surface area contributed by atoms with Crippen LogP contribution in [0.3, 0.4) is 0 Å². The third kappa shape index (κ3) is 6.06. The van der Waals surface area contributed by atoms with E-state index in [1.54, 1.807) is 6.07 Å². The first-order valence-corrected chi connectivity index (χ1v) is 7.91. The average molecular weight is 291 g/mol. The topological polar surface area (TPSA) is 58.4 Å². The zero-order valence-corrected chi connectivity index (χ0v) is 13.6. The molecule has 0 saturated heterocycles. The molecule has 0 aliphatic rings. The molecule has 0 unspecified atom stereocenters. The Morgan fingerprint density at radius 2 is 1.81 bits per heavy atom. The minimum Gasteiger partial charge on any atom is -0.397 e. The Labute approximate surface area is 128 Å². The van der Waals surface area contributed by atoms with Crippen molar-refractivity contribution in [3.05, 3.63) is 23.8 Å². The number of carbonyl (C=O) groups excluding carboxylic acids is 1. The van der Waals surface area contributed by atoms with Gasteiger partial charge in [-0.2, -0.15) is 0 Å². The number of hydrogen-bond donors (Lipinski definition) is 2. The predicted octanol–water partition coefficient (Wildman–Crippen LogP) is 3.43. The van der Waals surface area contributed by atoms with E-state index >= 15 is 0 Å². The predicted molar refractivity (Wildman–Crippen MR) is 90.9 cm³/mol. The summed E-state index contributed by atoms with van der Waals surface area (Å²) in [5, 5.41) is 2.96. The summed E-state index contributed by atoms with van der Waals surface area (Å²) >= 11 is 0. The lowest BCUT2D eigenvalue weighted by Crippen LogP contribution is -2.24. The van der Waals surface area contributed by atoms with Gasteiger partial charge in [-0.3, -0.25) is 4.79 Å². The van der Waals surface area contributed by atoms with Gasteiger partial charge in [0.1, 0.15) is 0 Å². The highest BCUT2D eigenvalue weighted by molar-refractivity contribution is 5.96. The Kier molecular flexibility index (Phi) is 7.65. The molecule has 21 heavy (non-hydrogen) atoms. The van der Waals surface area contributed by atoms with Gasteiger partial charge in [0.15, 0.2) is 0 Å². The lowest BCUT2D eigenvalue weighted by molar-refractivity contribution is 0.0953. The van der Waals surface area contributed by atoms with Crippen molar-refractivity contribution in [1.82, 2.24) is 5.32 Å². The summed E-state index contributed by atoms with van der Waals surface area (Å²) in [4.78, 5) is 14.0. The minimum atomic E-state index is -0.0411. The monoisotopic (exact) mass is 291 g/mol. The van der Waals surface area contributed by atoms with Crippen molar-refractivity contribution >= 4 is 17.3 Å². The Bertz CT molecular complexity index is 444. The van der Waals surface area contributed by atoms with E-state index < -0.39 is 0 Å². The first-order valence-electron chi connectivity index (χ1n) is 7.91. The maximum absolute atomic E-state index is 12.0. The molecule has 118 valence electrons. The van der Waals surface area contributed by atoms with Crippen LogP contribution in [0.2, 0.25) is 0 Å². The summed E-state index contributed by atoms with van der Waals surface area (Å²) in [6, 6.07) is 5.45. The second-order valence-corrected chi connectivity index (χ2v) is 5.69. The molecule has 0 aliphatic heterocycles. The first-order chi connectivity index (χ1) is 10.1. The smallest absolute Gasteiger partial charge is 0.251 e. The van der Waals surface area contributed by atoms with E-state index in [1.807, 2.05) is 31.1 Å². The average Bonchev–Trinajstić information content (AvgIpc) is 2.45. The number of carbonyl (C=O) groups is 1. The van der Waals surface area contributed by atoms with Crippen molar-refractivity contribution < 1.29 is 4.79 Å². The van der Waals surface area contributed by atoms with Crippen LogP contribution in [0.4, 0.5) is 11.4 Å². The molecular weight excluding hydrogens is 262 g/mol. The Morgan fingerprint density at radius 3 is 2.43 bits per heavy atom. The molecule has 0 bridgehead atoms. The molecule has 0 fully saturated rings. The molecule has 0 radical (unpaired) electrons. The van der Waals surface area contributed by atoms with Gasteiger partial charge in [-0.1, -0.05) is 39.0 Å². The summed E-state index contributed by atoms with van der Waals surface area (Å²) in [6.45, 7) is 2.95. The van der Waals surface area contributed by atoms with E-state index in [0.717, 1.165) is 18.7 Å². The van der Waals surface area contributed by atoms with E-state index in [2.05, 4.69) is 12.2 Å². The van der Waals surface area contributed by atoms with Gasteiger partial charge < -0.3 is 16.0 Å². The molecular formula is C17H29N3O. The van der Waals surface area contributed by atoms with Gasteiger partial charge in [-0.25, -0.2) is 0 Å². The largest absolute Gasteiger partial charge is 0.397 e. The molecule has 4 heteroatoms. The number of nitrogen functional groups attached to an aromatic ring is 1. The zero-order chi connectivity index (χ0) is 15.7. The number of rotatable bonds is 9. The summed E-state index contributed by atoms with van der Waals surface area (Å²) in [7, 11) is 3.87. The second kappa shape index (κ2) is 9.27. The van der Waals surface area contributed by atoms with Crippen LogP contribution in [0.15, 0.2) is 18.2 Å². The maximum Gasteiger partial charge on any atom is 0.251 e. The Balaban J connectivity index is 2.34. The Hall–Kier alpha value is -1.71. The van der Waals surface area contributed by atoms with Gasteiger partial charge in [0, 0.05) is 26.2 Å². The fraction of sp³-hybridized carbons (Fsp3) is 0.588. The van der Waals surface area contributed by atoms with Crippen molar-refractivity contribution in [3.8, 4) is 0 Å². The summed E-state index contributed by atoms with van der Waals surface area (Å²) in [5.74, 6) is -0.0411. The van der Waals surface area contributed by atoms with Gasteiger partial charge in [0.25, 0.3) is 5.91 Å². The van der Waals surface area contributed by atoms with Crippen molar-refractivity contribution in [2.45, 2.75) is 45.4 Å². The molecule has 1 aromatic carbocycles. The number of nitrogens with one attached hydrogen (secondary N) is 1. The minimum absolute atomic E-state index is 0.0411. The number of benzene rings is 1. The van der Waals surface area contributed by atoms with Gasteiger partial charge in [0.05, 0.1) is 11.4 Å². The van der Waals surface area contributed by atoms with E-state index in [4.69, 9.17) is 5.73 Å². The number of amides is 1. The molecule has 0 atom stereocenters. The maximum atomic E-state index is 12.0. The summed E-state index contributed by atoms with van der Waals surface area (Å²) in [6.07, 6.45) is 7.36. The van der Waals surface area contributed by atoms with Crippen molar-refractivity contribution in [3.63, 3.8) is 0 Å². The lowest BCUT2D eigenvalue weighted by Gasteiger charge is -2.15. The third-order valence-electron chi connectivity index (χ3n) is 3.59. The fourth-order valence-electron chi connectivity index (χ4n) is 2.31. The van der Waals surface area contributed by atoms with Crippen molar-refractivity contribution in [1.29, 1.82) is 0 Å². The molecule has 4 nitrogen and oxygen atoms in total. The van der Waals surface area contributed by atoms with Crippen LogP contribution < -0.4 is 16.0 Å². The van der Waals surface area contributed by atoms with Crippen LogP contribution in [0, 0.1) is 0 Å². The normalized spacial score (nSPS) is 10.4. The molecule has 1 aromatic rings. The molecule has 1 rings (SSSR count). The van der Waals surface area contributed by atoms with Crippen LogP contribution >= 0.6 is 0 Å². The molecule has 0 spiro atoms. The number of anilines is 2. The number of hydrogen-bond acceptors (Lipinski definition) is 3. The summed E-state index contributed by atoms with van der Waals surface area (Å²) < 4.78 is 0. The number of unbranched alkanes of at least 4 members (excludes halogenated alkanes) is 5. The van der Waals surface area contributed by atoms with E-state index in [-0.39, 0.29) is 5.91 Å². The molecule has 0 saturated carbocycles. The van der Waals surface area contributed by atoms with Gasteiger partial charge in [-0.15, -0.1) is 0 Å². The van der Waals surface area contributed by atoms with Crippen LogP contribution in [0.25, 0.3) is 0 Å². The molecule has 3 N–H and O–H groups in total. The quantitative estimate of drug-likeness (QED) is 0.541. The highest BCUT2D eigenvalue weighted by atomic mass is 16.1. The van der Waals surface area contributed by atoms with Crippen molar-refractivity contribution in [2.24, 2.45) is 0 Å². The number of nitrogens with two attached hydrogens (primary N) is 1. The second-order valence-electron chi connectivity index (χ2n) is 5.69. The van der Waals surface area contributed by atoms with Gasteiger partial charge in [-0.05, 0) is 24.6 Å². The standard InChI is InChI=1S/C17H29N3O/c1-4-5-6-7-8-9-12-19-17(21)14-10-11-16(20(2)3)15(18)13-14/h10-11,13H,4-9,12,18H2,1-3H3,(H,19,21). The third-order valence-corrected chi connectivity index (χ3v) is 3.59. The fourth-order valence-corrected chi connectivity index (χ4v) is 2.31. The Morgan fingerprint density at radius 1 is 1.14 bits per heavy atom. The molecule has 0 aromatic heterocycles. The first kappa shape index (κ1) is 17.3. The summed E-state index contributed by atoms with van der Waals surface area (Å²) in [5.41, 5.74) is 8.15. The van der Waals surface area contributed by atoms with Crippen LogP contribution in [-0.2, 0) is 0 Å². The highest BCUT2D eigenvalue weighted by Gasteiger charge is 2.08. The van der Waals surface area contributed by atoms with Crippen LogP contribution in [0.5, 0.6) is 0 Å². The van der Waals surface area contributed by atoms with E-state index in [9.17, 15) is 4.79 Å². The van der Waals surface area contributed by atoms with Crippen LogP contribution in [-0.4, -0.2) is 26.5 Å². The SMILES string of the molecule is CCCCCCCCNC(=O)c1ccc(N(C)C)c(N)c1. The van der Waals surface area contributed by atoms with E-state index in [0.29, 0.717) is 11.3 Å². The van der Waals surface area contributed by atoms with Gasteiger partial charge in [0.2, 0.25) is 0 Å². The van der Waals surface area contributed by atoms with Crippen LogP contribution in [0.1, 0.15) is 55.8 Å². The molecule has 0 heterocycles. The van der Waals surface area contributed by atoms with E-state index in [1.165, 1.54) is 32.1 Å².